The van der Waals surface area contributed by atoms with E-state index in [-0.39, 0.29) is 13.2 Å². The number of aromatic nitrogens is 2. The number of rotatable bonds is 7. The van der Waals surface area contributed by atoms with Crippen LogP contribution in [0.25, 0.3) is 0 Å². The first-order valence-corrected chi connectivity index (χ1v) is 5.24. The van der Waals surface area contributed by atoms with Crippen molar-refractivity contribution >= 4 is 0 Å². The Morgan fingerprint density at radius 2 is 2.00 bits per heavy atom. The summed E-state index contributed by atoms with van der Waals surface area (Å²) in [6.45, 7) is 5.05. The van der Waals surface area contributed by atoms with Crippen LogP contribution in [-0.4, -0.2) is 51.0 Å². The van der Waals surface area contributed by atoms with Crippen LogP contribution in [0.2, 0.25) is 0 Å². The molecule has 0 aliphatic rings. The van der Waals surface area contributed by atoms with Crippen molar-refractivity contribution in [2.45, 2.75) is 20.0 Å². The molecule has 1 aromatic rings. The average molecular weight is 213 g/mol. The Bertz CT molecular complexity index is 269. The minimum atomic E-state index is 0.111. The molecule has 0 aliphatic heterocycles. The van der Waals surface area contributed by atoms with Crippen molar-refractivity contribution < 1.29 is 10.2 Å². The Balaban J connectivity index is 2.56. The lowest BCUT2D eigenvalue weighted by Gasteiger charge is -2.20. The van der Waals surface area contributed by atoms with Crippen molar-refractivity contribution in [1.29, 1.82) is 0 Å². The second kappa shape index (κ2) is 6.55. The van der Waals surface area contributed by atoms with E-state index in [9.17, 15) is 0 Å². The molecule has 5 heteroatoms. The van der Waals surface area contributed by atoms with Crippen LogP contribution in [0.4, 0.5) is 0 Å². The van der Waals surface area contributed by atoms with E-state index in [1.807, 2.05) is 11.1 Å². The van der Waals surface area contributed by atoms with E-state index < -0.39 is 0 Å². The van der Waals surface area contributed by atoms with Gasteiger partial charge < -0.3 is 14.8 Å². The fraction of sp³-hybridized carbons (Fsp3) is 0.700. The number of hydrogen-bond donors (Lipinski definition) is 2. The average Bonchev–Trinajstić information content (AvgIpc) is 2.66. The maximum absolute atomic E-state index is 8.87. The third-order valence-corrected chi connectivity index (χ3v) is 2.36. The van der Waals surface area contributed by atoms with Crippen molar-refractivity contribution in [3.8, 4) is 0 Å². The topological polar surface area (TPSA) is 61.5 Å². The monoisotopic (exact) mass is 213 g/mol. The minimum Gasteiger partial charge on any atom is -0.395 e. The minimum absolute atomic E-state index is 0.111. The van der Waals surface area contributed by atoms with Crippen LogP contribution in [-0.2, 0) is 13.1 Å². The SMILES string of the molecule is CCn1cncc1CN(CCO)CCO. The second-order valence-corrected chi connectivity index (χ2v) is 3.39. The Kier molecular flexibility index (Phi) is 5.31. The van der Waals surface area contributed by atoms with Gasteiger partial charge in [-0.25, -0.2) is 4.98 Å². The van der Waals surface area contributed by atoms with Crippen LogP contribution in [0.1, 0.15) is 12.6 Å². The Morgan fingerprint density at radius 1 is 1.33 bits per heavy atom. The molecule has 5 nitrogen and oxygen atoms in total. The molecule has 15 heavy (non-hydrogen) atoms. The summed E-state index contributed by atoms with van der Waals surface area (Å²) in [5.41, 5.74) is 1.11. The van der Waals surface area contributed by atoms with E-state index >= 15 is 0 Å². The first kappa shape index (κ1) is 12.2. The predicted molar refractivity (Wildman–Crippen MR) is 57.3 cm³/mol. The molecule has 1 aromatic heterocycles. The molecule has 0 fully saturated rings. The Labute approximate surface area is 90.0 Å². The molecule has 0 aromatic carbocycles. The summed E-state index contributed by atoms with van der Waals surface area (Å²) in [4.78, 5) is 6.08. The molecule has 0 spiro atoms. The summed E-state index contributed by atoms with van der Waals surface area (Å²) < 4.78 is 2.06. The molecular formula is C10H19N3O2. The number of nitrogens with zero attached hydrogens (tertiary/aromatic N) is 3. The smallest absolute Gasteiger partial charge is 0.0948 e. The summed E-state index contributed by atoms with van der Waals surface area (Å²) in [6, 6.07) is 0. The molecule has 0 aliphatic carbocycles. The van der Waals surface area contributed by atoms with Gasteiger partial charge in [-0.1, -0.05) is 0 Å². The van der Waals surface area contributed by atoms with Gasteiger partial charge in [-0.05, 0) is 6.92 Å². The summed E-state index contributed by atoms with van der Waals surface area (Å²) in [5.74, 6) is 0. The maximum Gasteiger partial charge on any atom is 0.0948 e. The zero-order valence-electron chi connectivity index (χ0n) is 9.13. The molecule has 0 saturated carbocycles. The lowest BCUT2D eigenvalue weighted by Crippen LogP contribution is -2.30. The van der Waals surface area contributed by atoms with Crippen molar-refractivity contribution in [2.24, 2.45) is 0 Å². The van der Waals surface area contributed by atoms with Gasteiger partial charge >= 0.3 is 0 Å². The summed E-state index contributed by atoms with van der Waals surface area (Å²) in [6.07, 6.45) is 3.62. The van der Waals surface area contributed by atoms with Crippen LogP contribution in [0.15, 0.2) is 12.5 Å². The van der Waals surface area contributed by atoms with Gasteiger partial charge in [0.2, 0.25) is 0 Å². The third-order valence-electron chi connectivity index (χ3n) is 2.36. The van der Waals surface area contributed by atoms with Crippen LogP contribution in [0.5, 0.6) is 0 Å². The van der Waals surface area contributed by atoms with Crippen molar-refractivity contribution in [1.82, 2.24) is 14.5 Å². The van der Waals surface area contributed by atoms with Gasteiger partial charge in [0.1, 0.15) is 0 Å². The molecule has 2 N–H and O–H groups in total. The predicted octanol–water partition coefficient (Wildman–Crippen LogP) is -0.310. The van der Waals surface area contributed by atoms with Crippen molar-refractivity contribution in [3.05, 3.63) is 18.2 Å². The second-order valence-electron chi connectivity index (χ2n) is 3.39. The summed E-state index contributed by atoms with van der Waals surface area (Å²) >= 11 is 0. The summed E-state index contributed by atoms with van der Waals surface area (Å²) in [5, 5.41) is 17.7. The Hall–Kier alpha value is -0.910. The molecule has 86 valence electrons. The number of aliphatic hydroxyl groups excluding tert-OH is 2. The van der Waals surface area contributed by atoms with Gasteiger partial charge in [0, 0.05) is 32.4 Å². The number of aryl methyl sites for hydroxylation is 1. The van der Waals surface area contributed by atoms with Crippen LogP contribution < -0.4 is 0 Å². The van der Waals surface area contributed by atoms with Crippen molar-refractivity contribution in [2.75, 3.05) is 26.3 Å². The highest BCUT2D eigenvalue weighted by atomic mass is 16.3. The van der Waals surface area contributed by atoms with Gasteiger partial charge in [-0.3, -0.25) is 4.90 Å². The van der Waals surface area contributed by atoms with Gasteiger partial charge in [0.05, 0.1) is 25.2 Å². The summed E-state index contributed by atoms with van der Waals surface area (Å²) in [7, 11) is 0. The lowest BCUT2D eigenvalue weighted by atomic mass is 10.3. The zero-order valence-corrected chi connectivity index (χ0v) is 9.13. The Morgan fingerprint density at radius 3 is 2.53 bits per heavy atom. The highest BCUT2D eigenvalue weighted by Gasteiger charge is 2.07. The van der Waals surface area contributed by atoms with E-state index in [0.717, 1.165) is 18.8 Å². The molecule has 0 atom stereocenters. The largest absolute Gasteiger partial charge is 0.395 e. The van der Waals surface area contributed by atoms with E-state index in [2.05, 4.69) is 16.5 Å². The molecule has 0 saturated heterocycles. The highest BCUT2D eigenvalue weighted by molar-refractivity contribution is 4.98. The molecule has 0 unspecified atom stereocenters. The zero-order chi connectivity index (χ0) is 11.1. The van der Waals surface area contributed by atoms with E-state index in [1.165, 1.54) is 0 Å². The molecular weight excluding hydrogens is 194 g/mol. The van der Waals surface area contributed by atoms with Crippen molar-refractivity contribution in [3.63, 3.8) is 0 Å². The van der Waals surface area contributed by atoms with E-state index in [1.54, 1.807) is 6.33 Å². The molecule has 1 rings (SSSR count). The fourth-order valence-corrected chi connectivity index (χ4v) is 1.55. The van der Waals surface area contributed by atoms with E-state index in [4.69, 9.17) is 10.2 Å². The van der Waals surface area contributed by atoms with Crippen LogP contribution in [0, 0.1) is 0 Å². The quantitative estimate of drug-likeness (QED) is 0.652. The molecule has 1 heterocycles. The number of hydrogen-bond acceptors (Lipinski definition) is 4. The van der Waals surface area contributed by atoms with Gasteiger partial charge in [-0.2, -0.15) is 0 Å². The number of imidazole rings is 1. The van der Waals surface area contributed by atoms with Crippen LogP contribution >= 0.6 is 0 Å². The molecule has 0 amide bonds. The first-order valence-electron chi connectivity index (χ1n) is 5.24. The van der Waals surface area contributed by atoms with E-state index in [0.29, 0.717) is 13.1 Å². The normalized spacial score (nSPS) is 11.2. The fourth-order valence-electron chi connectivity index (χ4n) is 1.55. The molecule has 0 bridgehead atoms. The highest BCUT2D eigenvalue weighted by Crippen LogP contribution is 2.04. The molecule has 0 radical (unpaired) electrons. The maximum atomic E-state index is 8.87. The number of aliphatic hydroxyl groups is 2. The lowest BCUT2D eigenvalue weighted by molar-refractivity contribution is 0.153. The van der Waals surface area contributed by atoms with Crippen LogP contribution in [0.3, 0.4) is 0 Å². The van der Waals surface area contributed by atoms with Gasteiger partial charge in [0.25, 0.3) is 0 Å². The van der Waals surface area contributed by atoms with Gasteiger partial charge in [-0.15, -0.1) is 0 Å². The third kappa shape index (κ3) is 3.62. The standard InChI is InChI=1S/C10H19N3O2/c1-2-13-9-11-7-10(13)8-12(3-5-14)4-6-15/h7,9,14-15H,2-6,8H2,1H3. The van der Waals surface area contributed by atoms with Gasteiger partial charge in [0.15, 0.2) is 0 Å². The first-order chi connectivity index (χ1) is 7.31.